The molecule has 35 heavy (non-hydrogen) atoms. The first kappa shape index (κ1) is 26.5. The van der Waals surface area contributed by atoms with E-state index in [9.17, 15) is 26.4 Å². The molecule has 0 saturated carbocycles. The Labute approximate surface area is 202 Å². The van der Waals surface area contributed by atoms with Gasteiger partial charge in [0, 0.05) is 32.7 Å². The normalized spacial score (nSPS) is 14.9. The Hall–Kier alpha value is -3.12. The van der Waals surface area contributed by atoms with Crippen LogP contribution in [0.25, 0.3) is 0 Å². The number of benzene rings is 2. The van der Waals surface area contributed by atoms with Crippen LogP contribution in [0.1, 0.15) is 17.5 Å². The van der Waals surface area contributed by atoms with E-state index in [-0.39, 0.29) is 12.5 Å². The smallest absolute Gasteiger partial charge is 0.404 e. The number of carbonyl (C=O) groups is 1. The lowest BCUT2D eigenvalue weighted by molar-refractivity contribution is -0.275. The first-order valence-corrected chi connectivity index (χ1v) is 12.4. The van der Waals surface area contributed by atoms with Crippen molar-refractivity contribution < 1.29 is 31.1 Å². The van der Waals surface area contributed by atoms with Gasteiger partial charge in [0.2, 0.25) is 15.9 Å². The quantitative estimate of drug-likeness (QED) is 0.510. The second-order valence-corrected chi connectivity index (χ2v) is 10.00. The number of rotatable bonds is 10. The Morgan fingerprint density at radius 3 is 2.49 bits per heavy atom. The predicted molar refractivity (Wildman–Crippen MR) is 125 cm³/mol. The Morgan fingerprint density at radius 2 is 1.89 bits per heavy atom. The van der Waals surface area contributed by atoms with Crippen molar-refractivity contribution >= 4 is 21.8 Å². The van der Waals surface area contributed by atoms with Crippen molar-refractivity contribution in [2.24, 2.45) is 10.9 Å². The number of sulfonamides is 1. The standard InChI is InChI=1S/C23H27F3N4O4S/c1-27-22(31)18(12-9-16-7-10-17(11-8-16)21-28-13-14-29-21)15-30(2)35(32,33)20-6-4-3-5-19(20)34-23(24,25)26/h3-8,10-11,18H,9,12-15H2,1-2H3,(H,27,31)(H,28,29). The summed E-state index contributed by atoms with van der Waals surface area (Å²) in [6, 6.07) is 12.2. The number of alkyl halides is 3. The molecule has 0 fully saturated rings. The van der Waals surface area contributed by atoms with E-state index in [0.29, 0.717) is 12.8 Å². The molecule has 0 aromatic heterocycles. The van der Waals surface area contributed by atoms with Gasteiger partial charge in [0.25, 0.3) is 0 Å². The summed E-state index contributed by atoms with van der Waals surface area (Å²) in [5, 5.41) is 5.72. The second-order valence-electron chi connectivity index (χ2n) is 7.98. The number of hydrogen-bond acceptors (Lipinski definition) is 6. The third kappa shape index (κ3) is 6.95. The summed E-state index contributed by atoms with van der Waals surface area (Å²) in [5.41, 5.74) is 1.91. The molecule has 0 aliphatic carbocycles. The molecule has 1 aliphatic rings. The van der Waals surface area contributed by atoms with E-state index in [0.717, 1.165) is 46.5 Å². The maximum absolute atomic E-state index is 13.1. The van der Waals surface area contributed by atoms with Gasteiger partial charge in [0.15, 0.2) is 0 Å². The molecule has 2 aromatic carbocycles. The van der Waals surface area contributed by atoms with E-state index in [4.69, 9.17) is 0 Å². The zero-order valence-corrected chi connectivity index (χ0v) is 20.1. The van der Waals surface area contributed by atoms with Crippen LogP contribution in [0.15, 0.2) is 58.4 Å². The van der Waals surface area contributed by atoms with Crippen molar-refractivity contribution in [3.05, 3.63) is 59.7 Å². The van der Waals surface area contributed by atoms with E-state index >= 15 is 0 Å². The molecule has 3 rings (SSSR count). The van der Waals surface area contributed by atoms with E-state index in [2.05, 4.69) is 20.4 Å². The fraction of sp³-hybridized carbons (Fsp3) is 0.391. The van der Waals surface area contributed by atoms with E-state index < -0.39 is 32.9 Å². The van der Waals surface area contributed by atoms with Gasteiger partial charge in [0.1, 0.15) is 16.5 Å². The van der Waals surface area contributed by atoms with Crippen LogP contribution in [-0.2, 0) is 21.2 Å². The molecule has 0 bridgehead atoms. The fourth-order valence-electron chi connectivity index (χ4n) is 3.72. The molecule has 1 aliphatic heterocycles. The minimum Gasteiger partial charge on any atom is -0.404 e. The first-order valence-electron chi connectivity index (χ1n) is 10.9. The van der Waals surface area contributed by atoms with Crippen LogP contribution >= 0.6 is 0 Å². The highest BCUT2D eigenvalue weighted by Crippen LogP contribution is 2.31. The number of aliphatic imine (C=N–C) groups is 1. The molecule has 2 N–H and O–H groups in total. The maximum Gasteiger partial charge on any atom is 0.573 e. The summed E-state index contributed by atoms with van der Waals surface area (Å²) in [6.45, 7) is 1.31. The van der Waals surface area contributed by atoms with Crippen molar-refractivity contribution in [3.8, 4) is 5.75 Å². The van der Waals surface area contributed by atoms with E-state index in [1.807, 2.05) is 24.3 Å². The number of ether oxygens (including phenoxy) is 1. The van der Waals surface area contributed by atoms with Crippen LogP contribution in [0, 0.1) is 5.92 Å². The van der Waals surface area contributed by atoms with Gasteiger partial charge in [0.05, 0.1) is 12.5 Å². The van der Waals surface area contributed by atoms with Crippen molar-refractivity contribution in [2.45, 2.75) is 24.1 Å². The second kappa shape index (κ2) is 11.1. The van der Waals surface area contributed by atoms with Gasteiger partial charge >= 0.3 is 6.36 Å². The average molecular weight is 513 g/mol. The summed E-state index contributed by atoms with van der Waals surface area (Å²) < 4.78 is 69.1. The largest absolute Gasteiger partial charge is 0.573 e. The molecule has 0 spiro atoms. The minimum absolute atomic E-state index is 0.221. The number of amidine groups is 1. The summed E-state index contributed by atoms with van der Waals surface area (Å²) in [4.78, 5) is 16.2. The van der Waals surface area contributed by atoms with Gasteiger partial charge in [-0.25, -0.2) is 12.7 Å². The van der Waals surface area contributed by atoms with Gasteiger partial charge in [-0.3, -0.25) is 9.79 Å². The Morgan fingerprint density at radius 1 is 1.20 bits per heavy atom. The van der Waals surface area contributed by atoms with E-state index in [1.165, 1.54) is 26.2 Å². The monoisotopic (exact) mass is 512 g/mol. The molecule has 190 valence electrons. The lowest BCUT2D eigenvalue weighted by Gasteiger charge is -2.24. The Bertz CT molecular complexity index is 1170. The highest BCUT2D eigenvalue weighted by Gasteiger charge is 2.35. The minimum atomic E-state index is -5.05. The molecule has 2 aromatic rings. The van der Waals surface area contributed by atoms with Crippen LogP contribution in [0.2, 0.25) is 0 Å². The van der Waals surface area contributed by atoms with Crippen molar-refractivity contribution in [1.29, 1.82) is 0 Å². The molecule has 8 nitrogen and oxygen atoms in total. The molecular weight excluding hydrogens is 485 g/mol. The number of halogens is 3. The highest BCUT2D eigenvalue weighted by atomic mass is 32.2. The number of nitrogens with one attached hydrogen (secondary N) is 2. The predicted octanol–water partition coefficient (Wildman–Crippen LogP) is 2.55. The molecule has 1 atom stereocenters. The third-order valence-corrected chi connectivity index (χ3v) is 7.40. The third-order valence-electron chi connectivity index (χ3n) is 5.54. The zero-order chi connectivity index (χ0) is 25.6. The fourth-order valence-corrected chi connectivity index (χ4v) is 5.05. The SMILES string of the molecule is CNC(=O)C(CCc1ccc(C2=NCCN2)cc1)CN(C)S(=O)(=O)c1ccccc1OC(F)(F)F. The summed E-state index contributed by atoms with van der Waals surface area (Å²) in [5.74, 6) is -1.09. The maximum atomic E-state index is 13.1. The number of nitrogens with zero attached hydrogens (tertiary/aromatic N) is 2. The summed E-state index contributed by atoms with van der Waals surface area (Å²) in [6.07, 6.45) is -4.22. The summed E-state index contributed by atoms with van der Waals surface area (Å²) >= 11 is 0. The number of carbonyl (C=O) groups excluding carboxylic acids is 1. The number of para-hydroxylation sites is 1. The van der Waals surface area contributed by atoms with Crippen LogP contribution in [0.5, 0.6) is 5.75 Å². The zero-order valence-electron chi connectivity index (χ0n) is 19.3. The molecule has 12 heteroatoms. The van der Waals surface area contributed by atoms with Gasteiger partial charge in [-0.15, -0.1) is 13.2 Å². The van der Waals surface area contributed by atoms with Gasteiger partial charge in [-0.1, -0.05) is 36.4 Å². The van der Waals surface area contributed by atoms with Crippen molar-refractivity contribution in [1.82, 2.24) is 14.9 Å². The van der Waals surface area contributed by atoms with Crippen molar-refractivity contribution in [3.63, 3.8) is 0 Å². The van der Waals surface area contributed by atoms with Crippen LogP contribution in [0.3, 0.4) is 0 Å². The van der Waals surface area contributed by atoms with Crippen LogP contribution in [-0.4, -0.2) is 64.6 Å². The summed E-state index contributed by atoms with van der Waals surface area (Å²) in [7, 11) is -1.70. The first-order chi connectivity index (χ1) is 16.5. The van der Waals surface area contributed by atoms with Gasteiger partial charge in [-0.05, 0) is 30.5 Å². The molecule has 1 amide bonds. The molecular formula is C23H27F3N4O4S. The number of aryl methyl sites for hydroxylation is 1. The topological polar surface area (TPSA) is 100 Å². The molecule has 1 unspecified atom stereocenters. The Kier molecular flexibility index (Phi) is 8.39. The molecule has 0 saturated heterocycles. The lowest BCUT2D eigenvalue weighted by Crippen LogP contribution is -2.39. The number of hydrogen-bond donors (Lipinski definition) is 2. The lowest BCUT2D eigenvalue weighted by atomic mass is 9.98. The van der Waals surface area contributed by atoms with Crippen molar-refractivity contribution in [2.75, 3.05) is 33.7 Å². The average Bonchev–Trinajstić information content (AvgIpc) is 3.35. The van der Waals surface area contributed by atoms with Gasteiger partial charge < -0.3 is 15.4 Å². The van der Waals surface area contributed by atoms with Gasteiger partial charge in [-0.2, -0.15) is 0 Å². The Balaban J connectivity index is 1.72. The van der Waals surface area contributed by atoms with E-state index in [1.54, 1.807) is 0 Å². The van der Waals surface area contributed by atoms with Crippen LogP contribution in [0.4, 0.5) is 13.2 Å². The molecule has 1 heterocycles. The highest BCUT2D eigenvalue weighted by molar-refractivity contribution is 7.89. The molecule has 0 radical (unpaired) electrons. The number of amides is 1. The van der Waals surface area contributed by atoms with Crippen LogP contribution < -0.4 is 15.4 Å².